The van der Waals surface area contributed by atoms with Crippen LogP contribution in [0.5, 0.6) is 5.75 Å². The molecule has 0 atom stereocenters. The number of ether oxygens (including phenoxy) is 2. The van der Waals surface area contributed by atoms with Gasteiger partial charge < -0.3 is 13.9 Å². The summed E-state index contributed by atoms with van der Waals surface area (Å²) in [5.74, 6) is -1.41. The van der Waals surface area contributed by atoms with Crippen LogP contribution < -0.4 is 15.6 Å². The van der Waals surface area contributed by atoms with E-state index < -0.39 is 24.4 Å². The summed E-state index contributed by atoms with van der Waals surface area (Å²) in [6.45, 7) is 2.95. The lowest BCUT2D eigenvalue weighted by Gasteiger charge is -2.10. The van der Waals surface area contributed by atoms with E-state index in [1.54, 1.807) is 6.07 Å². The Morgan fingerprint density at radius 3 is 2.56 bits per heavy atom. The van der Waals surface area contributed by atoms with Gasteiger partial charge in [0.1, 0.15) is 5.75 Å². The van der Waals surface area contributed by atoms with Crippen LogP contribution in [0.25, 0.3) is 0 Å². The van der Waals surface area contributed by atoms with Gasteiger partial charge in [-0.05, 0) is 37.6 Å². The highest BCUT2D eigenvalue weighted by Gasteiger charge is 2.12. The second-order valence-corrected chi connectivity index (χ2v) is 5.20. The Morgan fingerprint density at radius 1 is 1.08 bits per heavy atom. The molecule has 2 amide bonds. The summed E-state index contributed by atoms with van der Waals surface area (Å²) in [7, 11) is 0. The number of aryl methyl sites for hydroxylation is 2. The third-order valence-corrected chi connectivity index (χ3v) is 3.10. The predicted molar refractivity (Wildman–Crippen MR) is 86.7 cm³/mol. The quantitative estimate of drug-likeness (QED) is 0.603. The van der Waals surface area contributed by atoms with Crippen LogP contribution >= 0.6 is 0 Å². The van der Waals surface area contributed by atoms with Gasteiger partial charge in [0.25, 0.3) is 5.91 Å². The molecule has 132 valence electrons. The first-order valence-corrected chi connectivity index (χ1v) is 7.44. The van der Waals surface area contributed by atoms with Gasteiger partial charge in [-0.1, -0.05) is 17.7 Å². The molecular formula is C17H18N2O6. The Labute approximate surface area is 144 Å². The first-order valence-electron chi connectivity index (χ1n) is 7.44. The fraction of sp³-hybridized carbons (Fsp3) is 0.235. The van der Waals surface area contributed by atoms with Gasteiger partial charge in [-0.3, -0.25) is 20.4 Å². The predicted octanol–water partition coefficient (Wildman–Crippen LogP) is 1.28. The van der Waals surface area contributed by atoms with Crippen LogP contribution in [0.1, 0.15) is 21.7 Å². The average Bonchev–Trinajstić information content (AvgIpc) is 3.11. The van der Waals surface area contributed by atoms with Crippen molar-refractivity contribution >= 4 is 17.8 Å². The number of carbonyl (C=O) groups excluding carboxylic acids is 3. The molecule has 8 heteroatoms. The second kappa shape index (κ2) is 8.53. The number of carbonyl (C=O) groups is 3. The number of amides is 2. The third-order valence-electron chi connectivity index (χ3n) is 3.10. The molecule has 0 saturated carbocycles. The molecule has 0 unspecified atom stereocenters. The molecule has 0 aliphatic rings. The molecule has 1 heterocycles. The summed E-state index contributed by atoms with van der Waals surface area (Å²) >= 11 is 0. The first kappa shape index (κ1) is 18.1. The minimum Gasteiger partial charge on any atom is -0.482 e. The fourth-order valence-corrected chi connectivity index (χ4v) is 1.92. The topological polar surface area (TPSA) is 107 Å². The van der Waals surface area contributed by atoms with E-state index in [0.717, 1.165) is 11.1 Å². The van der Waals surface area contributed by atoms with E-state index in [1.807, 2.05) is 26.0 Å². The maximum Gasteiger partial charge on any atom is 0.344 e. The molecule has 0 spiro atoms. The number of esters is 1. The molecule has 0 fully saturated rings. The number of hydrogen-bond acceptors (Lipinski definition) is 6. The minimum absolute atomic E-state index is 0.0409. The molecule has 0 aliphatic heterocycles. The maximum absolute atomic E-state index is 11.6. The average molecular weight is 346 g/mol. The highest BCUT2D eigenvalue weighted by Crippen LogP contribution is 2.18. The van der Waals surface area contributed by atoms with Crippen molar-refractivity contribution < 1.29 is 28.3 Å². The molecular weight excluding hydrogens is 328 g/mol. The van der Waals surface area contributed by atoms with Crippen LogP contribution in [-0.2, 0) is 14.3 Å². The van der Waals surface area contributed by atoms with E-state index in [-0.39, 0.29) is 12.4 Å². The molecule has 8 nitrogen and oxygen atoms in total. The summed E-state index contributed by atoms with van der Waals surface area (Å²) in [4.78, 5) is 34.6. The Bertz CT molecular complexity index is 755. The normalized spacial score (nSPS) is 10.0. The number of hydrogen-bond donors (Lipinski definition) is 2. The van der Waals surface area contributed by atoms with Gasteiger partial charge in [0.15, 0.2) is 19.0 Å². The van der Waals surface area contributed by atoms with Crippen molar-refractivity contribution in [3.05, 3.63) is 53.5 Å². The van der Waals surface area contributed by atoms with E-state index in [2.05, 4.69) is 10.9 Å². The van der Waals surface area contributed by atoms with Gasteiger partial charge in [0, 0.05) is 0 Å². The molecule has 2 aromatic rings. The van der Waals surface area contributed by atoms with Gasteiger partial charge in [0.05, 0.1) is 6.26 Å². The van der Waals surface area contributed by atoms with Crippen LogP contribution in [0.15, 0.2) is 41.0 Å². The molecule has 25 heavy (non-hydrogen) atoms. The second-order valence-electron chi connectivity index (χ2n) is 5.20. The standard InChI is InChI=1S/C17H18N2O6/c1-11-5-6-13(12(2)8-11)24-10-16(21)25-9-15(20)18-19-17(22)14-4-3-7-23-14/h3-8H,9-10H2,1-2H3,(H,18,20)(H,19,22). The summed E-state index contributed by atoms with van der Waals surface area (Å²) < 4.78 is 15.0. The van der Waals surface area contributed by atoms with Crippen molar-refractivity contribution in [3.63, 3.8) is 0 Å². The Kier molecular flexibility index (Phi) is 6.16. The van der Waals surface area contributed by atoms with Crippen LogP contribution in [0.3, 0.4) is 0 Å². The molecule has 1 aromatic heterocycles. The maximum atomic E-state index is 11.6. The van der Waals surface area contributed by atoms with E-state index in [0.29, 0.717) is 5.75 Å². The van der Waals surface area contributed by atoms with Crippen LogP contribution in [-0.4, -0.2) is 31.0 Å². The fourth-order valence-electron chi connectivity index (χ4n) is 1.92. The smallest absolute Gasteiger partial charge is 0.344 e. The number of nitrogens with one attached hydrogen (secondary N) is 2. The van der Waals surface area contributed by atoms with Crippen LogP contribution in [0.4, 0.5) is 0 Å². The van der Waals surface area contributed by atoms with Crippen molar-refractivity contribution in [2.45, 2.75) is 13.8 Å². The van der Waals surface area contributed by atoms with Gasteiger partial charge in [-0.15, -0.1) is 0 Å². The Hall–Kier alpha value is -3.29. The summed E-state index contributed by atoms with van der Waals surface area (Å²) in [5.41, 5.74) is 6.20. The zero-order valence-electron chi connectivity index (χ0n) is 13.8. The van der Waals surface area contributed by atoms with Gasteiger partial charge in [-0.2, -0.15) is 0 Å². The number of rotatable bonds is 6. The summed E-state index contributed by atoms with van der Waals surface area (Å²) in [5, 5.41) is 0. The van der Waals surface area contributed by atoms with Gasteiger partial charge in [0.2, 0.25) is 0 Å². The number of furan rings is 1. The highest BCUT2D eigenvalue weighted by atomic mass is 16.6. The Morgan fingerprint density at radius 2 is 1.88 bits per heavy atom. The summed E-state index contributed by atoms with van der Waals surface area (Å²) in [6.07, 6.45) is 1.33. The van der Waals surface area contributed by atoms with E-state index in [1.165, 1.54) is 18.4 Å². The Balaban J connectivity index is 1.67. The molecule has 0 aliphatic carbocycles. The van der Waals surface area contributed by atoms with Gasteiger partial charge >= 0.3 is 11.9 Å². The van der Waals surface area contributed by atoms with Crippen molar-refractivity contribution in [2.24, 2.45) is 0 Å². The zero-order chi connectivity index (χ0) is 18.2. The number of benzene rings is 1. The van der Waals surface area contributed by atoms with E-state index >= 15 is 0 Å². The summed E-state index contributed by atoms with van der Waals surface area (Å²) in [6, 6.07) is 8.52. The van der Waals surface area contributed by atoms with Crippen molar-refractivity contribution in [2.75, 3.05) is 13.2 Å². The van der Waals surface area contributed by atoms with E-state index in [9.17, 15) is 14.4 Å². The van der Waals surface area contributed by atoms with Crippen LogP contribution in [0.2, 0.25) is 0 Å². The number of hydrazine groups is 1. The van der Waals surface area contributed by atoms with E-state index in [4.69, 9.17) is 13.9 Å². The van der Waals surface area contributed by atoms with Crippen LogP contribution in [0, 0.1) is 13.8 Å². The van der Waals surface area contributed by atoms with Crippen molar-refractivity contribution in [3.8, 4) is 5.75 Å². The van der Waals surface area contributed by atoms with Crippen molar-refractivity contribution in [1.29, 1.82) is 0 Å². The molecule has 0 bridgehead atoms. The third kappa shape index (κ3) is 5.69. The molecule has 0 radical (unpaired) electrons. The van der Waals surface area contributed by atoms with Crippen molar-refractivity contribution in [1.82, 2.24) is 10.9 Å². The molecule has 0 saturated heterocycles. The molecule has 2 N–H and O–H groups in total. The highest BCUT2D eigenvalue weighted by molar-refractivity contribution is 5.93. The lowest BCUT2D eigenvalue weighted by Crippen LogP contribution is -2.43. The van der Waals surface area contributed by atoms with Gasteiger partial charge in [-0.25, -0.2) is 4.79 Å². The molecule has 1 aromatic carbocycles. The monoisotopic (exact) mass is 346 g/mol. The largest absolute Gasteiger partial charge is 0.482 e. The SMILES string of the molecule is Cc1ccc(OCC(=O)OCC(=O)NNC(=O)c2ccco2)c(C)c1. The zero-order valence-corrected chi connectivity index (χ0v) is 13.8. The first-order chi connectivity index (χ1) is 12.0. The minimum atomic E-state index is -0.701. The lowest BCUT2D eigenvalue weighted by atomic mass is 10.1. The molecule has 2 rings (SSSR count). The lowest BCUT2D eigenvalue weighted by molar-refractivity contribution is -0.150.